The zero-order valence-electron chi connectivity index (χ0n) is 9.00. The Kier molecular flexibility index (Phi) is 3.43. The Morgan fingerprint density at radius 3 is 2.94 bits per heavy atom. The van der Waals surface area contributed by atoms with Crippen LogP contribution in [0.3, 0.4) is 0 Å². The standard InChI is InChI=1S/C13H14FNO/c14-12-5-6-13(16-9-10-3-4-10)11(8-12)2-1-7-15/h5-6,8,10H,3-4,7,9,15H2. The highest BCUT2D eigenvalue weighted by Gasteiger charge is 2.22. The third-order valence-electron chi connectivity index (χ3n) is 2.44. The summed E-state index contributed by atoms with van der Waals surface area (Å²) in [5.74, 6) is 6.53. The molecule has 16 heavy (non-hydrogen) atoms. The van der Waals surface area contributed by atoms with Crippen LogP contribution in [0.25, 0.3) is 0 Å². The van der Waals surface area contributed by atoms with Crippen molar-refractivity contribution in [3.63, 3.8) is 0 Å². The van der Waals surface area contributed by atoms with Crippen LogP contribution in [0.15, 0.2) is 18.2 Å². The quantitative estimate of drug-likeness (QED) is 0.788. The predicted octanol–water partition coefficient (Wildman–Crippen LogP) is 1.92. The summed E-state index contributed by atoms with van der Waals surface area (Å²) in [5, 5.41) is 0. The molecule has 1 aliphatic carbocycles. The van der Waals surface area contributed by atoms with E-state index in [4.69, 9.17) is 10.5 Å². The summed E-state index contributed by atoms with van der Waals surface area (Å²) in [4.78, 5) is 0. The van der Waals surface area contributed by atoms with E-state index < -0.39 is 0 Å². The molecule has 0 unspecified atom stereocenters. The van der Waals surface area contributed by atoms with Gasteiger partial charge in [0.15, 0.2) is 0 Å². The molecule has 0 saturated heterocycles. The van der Waals surface area contributed by atoms with Gasteiger partial charge in [-0.15, -0.1) is 0 Å². The SMILES string of the molecule is NCC#Cc1cc(F)ccc1OCC1CC1. The lowest BCUT2D eigenvalue weighted by Gasteiger charge is -2.07. The van der Waals surface area contributed by atoms with Gasteiger partial charge < -0.3 is 10.5 Å². The van der Waals surface area contributed by atoms with Crippen LogP contribution in [0.1, 0.15) is 18.4 Å². The maximum atomic E-state index is 13.0. The first-order valence-corrected chi connectivity index (χ1v) is 5.41. The third kappa shape index (κ3) is 2.98. The molecule has 0 amide bonds. The topological polar surface area (TPSA) is 35.2 Å². The fraction of sp³-hybridized carbons (Fsp3) is 0.385. The molecule has 2 nitrogen and oxygen atoms in total. The summed E-state index contributed by atoms with van der Waals surface area (Å²) >= 11 is 0. The van der Waals surface area contributed by atoms with Gasteiger partial charge in [-0.25, -0.2) is 4.39 Å². The highest BCUT2D eigenvalue weighted by atomic mass is 19.1. The van der Waals surface area contributed by atoms with Crippen molar-refractivity contribution < 1.29 is 9.13 Å². The van der Waals surface area contributed by atoms with E-state index in [0.717, 1.165) is 0 Å². The van der Waals surface area contributed by atoms with Crippen molar-refractivity contribution in [2.24, 2.45) is 11.7 Å². The fourth-order valence-electron chi connectivity index (χ4n) is 1.36. The van der Waals surface area contributed by atoms with Crippen LogP contribution in [0.5, 0.6) is 5.75 Å². The van der Waals surface area contributed by atoms with Gasteiger partial charge in [0.2, 0.25) is 0 Å². The molecule has 0 atom stereocenters. The number of ether oxygens (including phenoxy) is 1. The minimum Gasteiger partial charge on any atom is -0.492 e. The van der Waals surface area contributed by atoms with Crippen LogP contribution in [0, 0.1) is 23.6 Å². The second-order valence-corrected chi connectivity index (χ2v) is 3.90. The van der Waals surface area contributed by atoms with E-state index in [1.807, 2.05) is 0 Å². The van der Waals surface area contributed by atoms with Gasteiger partial charge in [0.05, 0.1) is 18.7 Å². The summed E-state index contributed by atoms with van der Waals surface area (Å²) in [5.41, 5.74) is 5.86. The lowest BCUT2D eigenvalue weighted by Crippen LogP contribution is -2.01. The van der Waals surface area contributed by atoms with Gasteiger partial charge in [-0.2, -0.15) is 0 Å². The van der Waals surface area contributed by atoms with Gasteiger partial charge in [-0.3, -0.25) is 0 Å². The van der Waals surface area contributed by atoms with Gasteiger partial charge in [0, 0.05) is 0 Å². The predicted molar refractivity (Wildman–Crippen MR) is 60.6 cm³/mol. The first kappa shape index (κ1) is 11.0. The van der Waals surface area contributed by atoms with E-state index in [1.165, 1.54) is 25.0 Å². The van der Waals surface area contributed by atoms with Crippen LogP contribution in [-0.2, 0) is 0 Å². The maximum absolute atomic E-state index is 13.0. The second-order valence-electron chi connectivity index (χ2n) is 3.90. The molecule has 1 fully saturated rings. The fourth-order valence-corrected chi connectivity index (χ4v) is 1.36. The van der Waals surface area contributed by atoms with Crippen LogP contribution >= 0.6 is 0 Å². The Morgan fingerprint density at radius 2 is 2.25 bits per heavy atom. The van der Waals surface area contributed by atoms with Crippen molar-refractivity contribution in [1.82, 2.24) is 0 Å². The summed E-state index contributed by atoms with van der Waals surface area (Å²) in [7, 11) is 0. The van der Waals surface area contributed by atoms with Crippen molar-refractivity contribution >= 4 is 0 Å². The van der Waals surface area contributed by atoms with Crippen LogP contribution < -0.4 is 10.5 Å². The molecule has 84 valence electrons. The van der Waals surface area contributed by atoms with E-state index >= 15 is 0 Å². The Labute approximate surface area is 94.6 Å². The number of benzene rings is 1. The Bertz CT molecular complexity index is 429. The minimum absolute atomic E-state index is 0.262. The number of rotatable bonds is 3. The Balaban J connectivity index is 2.13. The molecule has 0 aliphatic heterocycles. The van der Waals surface area contributed by atoms with Crippen molar-refractivity contribution in [2.75, 3.05) is 13.2 Å². The van der Waals surface area contributed by atoms with E-state index in [9.17, 15) is 4.39 Å². The van der Waals surface area contributed by atoms with Gasteiger partial charge in [-0.05, 0) is 37.0 Å². The highest BCUT2D eigenvalue weighted by molar-refractivity contribution is 5.46. The molecule has 3 heteroatoms. The molecule has 0 bridgehead atoms. The summed E-state index contributed by atoms with van der Waals surface area (Å²) in [6.45, 7) is 0.960. The molecular weight excluding hydrogens is 205 g/mol. The zero-order valence-corrected chi connectivity index (χ0v) is 9.00. The summed E-state index contributed by atoms with van der Waals surface area (Å²) in [6, 6.07) is 4.39. The summed E-state index contributed by atoms with van der Waals surface area (Å²) in [6.07, 6.45) is 2.45. The van der Waals surface area contributed by atoms with Crippen molar-refractivity contribution in [1.29, 1.82) is 0 Å². The highest BCUT2D eigenvalue weighted by Crippen LogP contribution is 2.30. The van der Waals surface area contributed by atoms with Crippen LogP contribution in [0.4, 0.5) is 4.39 Å². The lowest BCUT2D eigenvalue weighted by atomic mass is 10.2. The molecule has 2 N–H and O–H groups in total. The van der Waals surface area contributed by atoms with Crippen LogP contribution in [-0.4, -0.2) is 13.2 Å². The van der Waals surface area contributed by atoms with E-state index in [1.54, 1.807) is 6.07 Å². The largest absolute Gasteiger partial charge is 0.492 e. The molecule has 0 aromatic heterocycles. The molecular formula is C13H14FNO. The van der Waals surface area contributed by atoms with Crippen molar-refractivity contribution in [3.8, 4) is 17.6 Å². The number of nitrogens with two attached hydrogens (primary N) is 1. The normalized spacial score (nSPS) is 14.1. The first-order chi connectivity index (χ1) is 7.79. The van der Waals surface area contributed by atoms with Crippen LogP contribution in [0.2, 0.25) is 0 Å². The molecule has 2 rings (SSSR count). The van der Waals surface area contributed by atoms with Gasteiger partial charge in [0.25, 0.3) is 0 Å². The van der Waals surface area contributed by atoms with Gasteiger partial charge >= 0.3 is 0 Å². The smallest absolute Gasteiger partial charge is 0.135 e. The average molecular weight is 219 g/mol. The van der Waals surface area contributed by atoms with Gasteiger partial charge in [-0.1, -0.05) is 11.8 Å². The molecule has 1 aliphatic rings. The number of halogens is 1. The number of hydrogen-bond donors (Lipinski definition) is 1. The number of hydrogen-bond acceptors (Lipinski definition) is 2. The average Bonchev–Trinajstić information content (AvgIpc) is 3.09. The Hall–Kier alpha value is -1.53. The molecule has 1 aromatic carbocycles. The van der Waals surface area contributed by atoms with Crippen molar-refractivity contribution in [3.05, 3.63) is 29.6 Å². The van der Waals surface area contributed by atoms with Gasteiger partial charge in [0.1, 0.15) is 11.6 Å². The first-order valence-electron chi connectivity index (χ1n) is 5.41. The minimum atomic E-state index is -0.305. The molecule has 1 aromatic rings. The second kappa shape index (κ2) is 5.00. The maximum Gasteiger partial charge on any atom is 0.135 e. The monoisotopic (exact) mass is 219 g/mol. The van der Waals surface area contributed by atoms with E-state index in [0.29, 0.717) is 23.8 Å². The van der Waals surface area contributed by atoms with Crippen molar-refractivity contribution in [2.45, 2.75) is 12.8 Å². The molecule has 0 radical (unpaired) electrons. The summed E-state index contributed by atoms with van der Waals surface area (Å²) < 4.78 is 18.6. The molecule has 1 saturated carbocycles. The van der Waals surface area contributed by atoms with E-state index in [2.05, 4.69) is 11.8 Å². The third-order valence-corrected chi connectivity index (χ3v) is 2.44. The molecule has 0 spiro atoms. The van der Waals surface area contributed by atoms with E-state index in [-0.39, 0.29) is 12.4 Å². The zero-order chi connectivity index (χ0) is 11.4. The lowest BCUT2D eigenvalue weighted by molar-refractivity contribution is 0.298. The molecule has 0 heterocycles. The Morgan fingerprint density at radius 1 is 1.44 bits per heavy atom.